The van der Waals surface area contributed by atoms with Gasteiger partial charge in [0.25, 0.3) is 11.8 Å². The number of amides is 3. The van der Waals surface area contributed by atoms with Crippen molar-refractivity contribution in [3.05, 3.63) is 125 Å². The molecule has 4 rings (SSSR count). The second-order valence-corrected chi connectivity index (χ2v) is 10.1. The molecule has 0 radical (unpaired) electrons. The highest BCUT2D eigenvalue weighted by molar-refractivity contribution is 8.00. The smallest absolute Gasteiger partial charge is 0.272 e. The van der Waals surface area contributed by atoms with Gasteiger partial charge in [-0.15, -0.1) is 11.8 Å². The number of nitrogens with one attached hydrogen (secondary N) is 3. The van der Waals surface area contributed by atoms with Gasteiger partial charge < -0.3 is 20.7 Å². The third kappa shape index (κ3) is 8.73. The molecular formula is C32H28ClN3O4S. The molecule has 0 aliphatic carbocycles. The molecule has 0 unspecified atom stereocenters. The molecular weight excluding hydrogens is 558 g/mol. The van der Waals surface area contributed by atoms with Crippen LogP contribution in [0.15, 0.2) is 114 Å². The lowest BCUT2D eigenvalue weighted by molar-refractivity contribution is -0.114. The van der Waals surface area contributed by atoms with E-state index in [1.54, 1.807) is 78.9 Å². The van der Waals surface area contributed by atoms with Crippen LogP contribution in [0.25, 0.3) is 6.08 Å². The zero-order valence-corrected chi connectivity index (χ0v) is 23.8. The van der Waals surface area contributed by atoms with Gasteiger partial charge in [-0.2, -0.15) is 0 Å². The Morgan fingerprint density at radius 2 is 1.51 bits per heavy atom. The van der Waals surface area contributed by atoms with Gasteiger partial charge in [-0.3, -0.25) is 14.4 Å². The molecule has 0 bridgehead atoms. The number of rotatable bonds is 11. The summed E-state index contributed by atoms with van der Waals surface area (Å²) in [6, 6.07) is 30.0. The predicted molar refractivity (Wildman–Crippen MR) is 165 cm³/mol. The van der Waals surface area contributed by atoms with Gasteiger partial charge in [0.1, 0.15) is 11.4 Å². The van der Waals surface area contributed by atoms with E-state index < -0.39 is 11.8 Å². The SMILES string of the molecule is CCOc1ccccc1NC(=O)CSc1ccc(NC(=O)/C(=C/c2ccccc2Cl)NC(=O)c2ccccc2)cc1. The average Bonchev–Trinajstić information content (AvgIpc) is 2.99. The molecule has 4 aromatic rings. The molecule has 0 atom stereocenters. The second kappa shape index (κ2) is 14.7. The number of halogens is 1. The van der Waals surface area contributed by atoms with Gasteiger partial charge >= 0.3 is 0 Å². The Hall–Kier alpha value is -4.53. The first kappa shape index (κ1) is 29.5. The number of thioether (sulfide) groups is 1. The molecule has 0 saturated carbocycles. The lowest BCUT2D eigenvalue weighted by Gasteiger charge is -2.12. The highest BCUT2D eigenvalue weighted by atomic mass is 35.5. The summed E-state index contributed by atoms with van der Waals surface area (Å²) in [5.74, 6) is -0.281. The summed E-state index contributed by atoms with van der Waals surface area (Å²) >= 11 is 7.66. The first-order valence-corrected chi connectivity index (χ1v) is 14.2. The summed E-state index contributed by atoms with van der Waals surface area (Å²) in [6.45, 7) is 2.39. The molecule has 3 amide bonds. The molecule has 4 aromatic carbocycles. The Balaban J connectivity index is 1.40. The lowest BCUT2D eigenvalue weighted by atomic mass is 10.1. The Bertz CT molecular complexity index is 1540. The Kier molecular flexibility index (Phi) is 10.6. The molecule has 0 aromatic heterocycles. The van der Waals surface area contributed by atoms with Gasteiger partial charge in [-0.05, 0) is 73.2 Å². The molecule has 208 valence electrons. The van der Waals surface area contributed by atoms with Crippen LogP contribution in [-0.2, 0) is 9.59 Å². The predicted octanol–water partition coefficient (Wildman–Crippen LogP) is 6.88. The molecule has 0 fully saturated rings. The maximum atomic E-state index is 13.2. The number of carbonyl (C=O) groups excluding carboxylic acids is 3. The first-order valence-electron chi connectivity index (χ1n) is 12.8. The Morgan fingerprint density at radius 1 is 0.829 bits per heavy atom. The Morgan fingerprint density at radius 3 is 2.24 bits per heavy atom. The highest BCUT2D eigenvalue weighted by Gasteiger charge is 2.16. The molecule has 41 heavy (non-hydrogen) atoms. The quantitative estimate of drug-likeness (QED) is 0.132. The van der Waals surface area contributed by atoms with Crippen molar-refractivity contribution >= 4 is 58.5 Å². The minimum absolute atomic E-state index is 0.0365. The van der Waals surface area contributed by atoms with Crippen molar-refractivity contribution < 1.29 is 19.1 Å². The molecule has 7 nitrogen and oxygen atoms in total. The van der Waals surface area contributed by atoms with Gasteiger partial charge in [-0.1, -0.05) is 60.1 Å². The maximum absolute atomic E-state index is 13.2. The van der Waals surface area contributed by atoms with E-state index in [4.69, 9.17) is 16.3 Å². The van der Waals surface area contributed by atoms with Gasteiger partial charge in [-0.25, -0.2) is 0 Å². The van der Waals surface area contributed by atoms with Crippen LogP contribution >= 0.6 is 23.4 Å². The van der Waals surface area contributed by atoms with Gasteiger partial charge in [0.05, 0.1) is 18.0 Å². The summed E-state index contributed by atoms with van der Waals surface area (Å²) in [5.41, 5.74) is 2.18. The fourth-order valence-electron chi connectivity index (χ4n) is 3.71. The summed E-state index contributed by atoms with van der Waals surface area (Å²) in [5, 5.41) is 8.83. The molecule has 9 heteroatoms. The molecule has 0 saturated heterocycles. The van der Waals surface area contributed by atoms with Crippen molar-refractivity contribution in [3.63, 3.8) is 0 Å². The number of anilines is 2. The van der Waals surface area contributed by atoms with E-state index in [0.717, 1.165) is 4.90 Å². The standard InChI is InChI=1S/C32H28ClN3O4S/c1-2-40-29-15-9-8-14-27(29)35-30(37)21-41-25-18-16-24(17-19-25)34-32(39)28(20-23-12-6-7-13-26(23)33)36-31(38)22-10-4-3-5-11-22/h3-20H,2,21H2,1H3,(H,34,39)(H,35,37)(H,36,38)/b28-20-. The lowest BCUT2D eigenvalue weighted by Crippen LogP contribution is -2.30. The monoisotopic (exact) mass is 585 g/mol. The minimum Gasteiger partial charge on any atom is -0.492 e. The van der Waals surface area contributed by atoms with E-state index in [1.807, 2.05) is 31.2 Å². The average molecular weight is 586 g/mol. The molecule has 0 spiro atoms. The van der Waals surface area contributed by atoms with Crippen LogP contribution in [0.4, 0.5) is 11.4 Å². The number of ether oxygens (including phenoxy) is 1. The van der Waals surface area contributed by atoms with Crippen molar-refractivity contribution in [1.82, 2.24) is 5.32 Å². The van der Waals surface area contributed by atoms with E-state index in [2.05, 4.69) is 16.0 Å². The number of para-hydroxylation sites is 2. The Labute approximate surface area is 248 Å². The summed E-state index contributed by atoms with van der Waals surface area (Å²) in [4.78, 5) is 39.4. The zero-order chi connectivity index (χ0) is 29.0. The third-order valence-corrected chi connectivity index (χ3v) is 7.03. The van der Waals surface area contributed by atoms with Crippen LogP contribution in [0.3, 0.4) is 0 Å². The fraction of sp³-hybridized carbons (Fsp3) is 0.0938. The van der Waals surface area contributed by atoms with Crippen LogP contribution in [-0.4, -0.2) is 30.1 Å². The number of carbonyl (C=O) groups is 3. The van der Waals surface area contributed by atoms with Crippen LogP contribution in [0, 0.1) is 0 Å². The van der Waals surface area contributed by atoms with E-state index in [9.17, 15) is 14.4 Å². The van der Waals surface area contributed by atoms with Crippen molar-refractivity contribution in [1.29, 1.82) is 0 Å². The van der Waals surface area contributed by atoms with Crippen molar-refractivity contribution in [3.8, 4) is 5.75 Å². The summed E-state index contributed by atoms with van der Waals surface area (Å²) < 4.78 is 5.56. The van der Waals surface area contributed by atoms with Crippen molar-refractivity contribution in [2.24, 2.45) is 0 Å². The number of hydrogen-bond acceptors (Lipinski definition) is 5. The third-order valence-electron chi connectivity index (χ3n) is 5.68. The molecule has 0 aliphatic rings. The fourth-order valence-corrected chi connectivity index (χ4v) is 4.60. The molecule has 3 N–H and O–H groups in total. The van der Waals surface area contributed by atoms with Crippen LogP contribution in [0.5, 0.6) is 5.75 Å². The summed E-state index contributed by atoms with van der Waals surface area (Å²) in [6.07, 6.45) is 1.53. The van der Waals surface area contributed by atoms with Gasteiger partial charge in [0.15, 0.2) is 0 Å². The first-order chi connectivity index (χ1) is 19.9. The largest absolute Gasteiger partial charge is 0.492 e. The minimum atomic E-state index is -0.512. The van der Waals surface area contributed by atoms with E-state index >= 15 is 0 Å². The van der Waals surface area contributed by atoms with Crippen LogP contribution < -0.4 is 20.7 Å². The van der Waals surface area contributed by atoms with Gasteiger partial charge in [0, 0.05) is 21.2 Å². The number of benzene rings is 4. The molecule has 0 heterocycles. The van der Waals surface area contributed by atoms with Crippen LogP contribution in [0.1, 0.15) is 22.8 Å². The van der Waals surface area contributed by atoms with Crippen molar-refractivity contribution in [2.75, 3.05) is 23.0 Å². The zero-order valence-electron chi connectivity index (χ0n) is 22.2. The topological polar surface area (TPSA) is 96.5 Å². The van der Waals surface area contributed by atoms with Crippen molar-refractivity contribution in [2.45, 2.75) is 11.8 Å². The summed E-state index contributed by atoms with van der Waals surface area (Å²) in [7, 11) is 0. The van der Waals surface area contributed by atoms with E-state index in [-0.39, 0.29) is 17.4 Å². The normalized spacial score (nSPS) is 10.9. The van der Waals surface area contributed by atoms with E-state index in [0.29, 0.717) is 39.9 Å². The molecule has 0 aliphatic heterocycles. The maximum Gasteiger partial charge on any atom is 0.272 e. The van der Waals surface area contributed by atoms with E-state index in [1.165, 1.54) is 17.8 Å². The van der Waals surface area contributed by atoms with Gasteiger partial charge in [0.2, 0.25) is 5.91 Å². The highest BCUT2D eigenvalue weighted by Crippen LogP contribution is 2.25. The van der Waals surface area contributed by atoms with Crippen LogP contribution in [0.2, 0.25) is 5.02 Å². The second-order valence-electron chi connectivity index (χ2n) is 8.64. The number of hydrogen-bond donors (Lipinski definition) is 3.